The lowest BCUT2D eigenvalue weighted by Gasteiger charge is -2.25. The summed E-state index contributed by atoms with van der Waals surface area (Å²) in [6.07, 6.45) is 1.78. The third kappa shape index (κ3) is 2.43. The molecule has 100 valence electrons. The molecule has 0 radical (unpaired) electrons. The topological polar surface area (TPSA) is 33.1 Å². The zero-order chi connectivity index (χ0) is 14.2. The van der Waals surface area contributed by atoms with Gasteiger partial charge in [-0.1, -0.05) is 24.3 Å². The van der Waals surface area contributed by atoms with Gasteiger partial charge in [-0.2, -0.15) is 0 Å². The molecule has 1 atom stereocenters. The molecule has 1 heterocycles. The van der Waals surface area contributed by atoms with E-state index in [0.717, 1.165) is 25.6 Å². The number of halogens is 1. The highest BCUT2D eigenvalue weighted by Gasteiger charge is 2.25. The van der Waals surface area contributed by atoms with Gasteiger partial charge in [-0.05, 0) is 71.0 Å². The summed E-state index contributed by atoms with van der Waals surface area (Å²) in [7, 11) is 0. The second-order valence-electron chi connectivity index (χ2n) is 4.99. The molecule has 0 aliphatic heterocycles. The van der Waals surface area contributed by atoms with Crippen molar-refractivity contribution in [2.75, 3.05) is 0 Å². The van der Waals surface area contributed by atoms with Crippen LogP contribution in [0.1, 0.15) is 18.1 Å². The summed E-state index contributed by atoms with van der Waals surface area (Å²) in [6, 6.07) is 17.8. The third-order valence-electron chi connectivity index (χ3n) is 3.57. The highest BCUT2D eigenvalue weighted by molar-refractivity contribution is 14.1. The average Bonchev–Trinajstić information content (AvgIpc) is 2.47. The van der Waals surface area contributed by atoms with E-state index >= 15 is 0 Å². The van der Waals surface area contributed by atoms with E-state index in [1.807, 2.05) is 61.5 Å². The van der Waals surface area contributed by atoms with Crippen molar-refractivity contribution in [1.82, 2.24) is 4.98 Å². The number of fused-ring (bicyclic) bond motifs is 1. The Hall–Kier alpha value is -1.46. The van der Waals surface area contributed by atoms with E-state index in [2.05, 4.69) is 27.6 Å². The zero-order valence-corrected chi connectivity index (χ0v) is 13.2. The SMILES string of the molecule is CC(O)(c1ccc(I)cc1)c1ccc2ncccc2c1. The molecule has 20 heavy (non-hydrogen) atoms. The van der Waals surface area contributed by atoms with Crippen molar-refractivity contribution >= 4 is 33.5 Å². The Morgan fingerprint density at radius 3 is 2.45 bits per heavy atom. The number of rotatable bonds is 2. The average molecular weight is 375 g/mol. The first kappa shape index (κ1) is 13.5. The molecule has 0 saturated carbocycles. The van der Waals surface area contributed by atoms with E-state index in [9.17, 15) is 5.11 Å². The maximum Gasteiger partial charge on any atom is 0.112 e. The van der Waals surface area contributed by atoms with E-state index in [0.29, 0.717) is 0 Å². The Morgan fingerprint density at radius 1 is 1.00 bits per heavy atom. The van der Waals surface area contributed by atoms with Crippen LogP contribution in [0.5, 0.6) is 0 Å². The van der Waals surface area contributed by atoms with Gasteiger partial charge in [-0.25, -0.2) is 0 Å². The van der Waals surface area contributed by atoms with Crippen LogP contribution in [0.4, 0.5) is 0 Å². The number of hydrogen-bond donors (Lipinski definition) is 1. The number of hydrogen-bond acceptors (Lipinski definition) is 2. The molecule has 0 fully saturated rings. The lowest BCUT2D eigenvalue weighted by Crippen LogP contribution is -2.22. The van der Waals surface area contributed by atoms with Crippen molar-refractivity contribution in [2.45, 2.75) is 12.5 Å². The first-order valence-corrected chi connectivity index (χ1v) is 7.49. The van der Waals surface area contributed by atoms with Gasteiger partial charge in [0.2, 0.25) is 0 Å². The lowest BCUT2D eigenvalue weighted by molar-refractivity contribution is 0.102. The number of aromatic nitrogens is 1. The molecular weight excluding hydrogens is 361 g/mol. The first-order valence-electron chi connectivity index (χ1n) is 6.41. The predicted molar refractivity (Wildman–Crippen MR) is 89.6 cm³/mol. The van der Waals surface area contributed by atoms with Crippen molar-refractivity contribution < 1.29 is 5.11 Å². The van der Waals surface area contributed by atoms with Crippen molar-refractivity contribution in [2.24, 2.45) is 0 Å². The maximum atomic E-state index is 10.9. The molecule has 0 aliphatic carbocycles. The van der Waals surface area contributed by atoms with E-state index in [1.165, 1.54) is 0 Å². The molecule has 0 bridgehead atoms. The Balaban J connectivity index is 2.10. The summed E-state index contributed by atoms with van der Waals surface area (Å²) in [5, 5.41) is 11.9. The van der Waals surface area contributed by atoms with Crippen LogP contribution in [0, 0.1) is 3.57 Å². The fourth-order valence-electron chi connectivity index (χ4n) is 2.32. The maximum absolute atomic E-state index is 10.9. The van der Waals surface area contributed by atoms with Crippen LogP contribution in [0.2, 0.25) is 0 Å². The lowest BCUT2D eigenvalue weighted by atomic mass is 9.87. The van der Waals surface area contributed by atoms with Gasteiger partial charge in [0.15, 0.2) is 0 Å². The van der Waals surface area contributed by atoms with E-state index < -0.39 is 5.60 Å². The molecular formula is C17H14INO. The van der Waals surface area contributed by atoms with E-state index in [4.69, 9.17) is 0 Å². The van der Waals surface area contributed by atoms with Gasteiger partial charge in [0.05, 0.1) is 5.52 Å². The monoisotopic (exact) mass is 375 g/mol. The summed E-state index contributed by atoms with van der Waals surface area (Å²) in [6.45, 7) is 1.83. The summed E-state index contributed by atoms with van der Waals surface area (Å²) in [4.78, 5) is 4.31. The number of nitrogens with zero attached hydrogens (tertiary/aromatic N) is 1. The van der Waals surface area contributed by atoms with Crippen LogP contribution in [-0.2, 0) is 5.60 Å². The normalized spacial score (nSPS) is 14.2. The molecule has 2 aromatic carbocycles. The summed E-state index contributed by atoms with van der Waals surface area (Å²) >= 11 is 2.26. The molecule has 3 aromatic rings. The minimum atomic E-state index is -1.01. The van der Waals surface area contributed by atoms with E-state index in [1.54, 1.807) is 6.20 Å². The van der Waals surface area contributed by atoms with Crippen LogP contribution in [-0.4, -0.2) is 10.1 Å². The van der Waals surface area contributed by atoms with Gasteiger partial charge in [0.1, 0.15) is 5.60 Å². The number of pyridine rings is 1. The minimum Gasteiger partial charge on any atom is -0.381 e. The van der Waals surface area contributed by atoms with Gasteiger partial charge >= 0.3 is 0 Å². The third-order valence-corrected chi connectivity index (χ3v) is 4.29. The second-order valence-corrected chi connectivity index (χ2v) is 6.24. The van der Waals surface area contributed by atoms with Crippen LogP contribution in [0.25, 0.3) is 10.9 Å². The second kappa shape index (κ2) is 5.14. The molecule has 2 nitrogen and oxygen atoms in total. The summed E-state index contributed by atoms with van der Waals surface area (Å²) < 4.78 is 1.16. The standard InChI is InChI=1S/C17H14INO/c1-17(20,13-4-7-15(18)8-5-13)14-6-9-16-12(11-14)3-2-10-19-16/h2-11,20H,1H3. The molecule has 1 N–H and O–H groups in total. The highest BCUT2D eigenvalue weighted by Crippen LogP contribution is 2.31. The van der Waals surface area contributed by atoms with Crippen LogP contribution < -0.4 is 0 Å². The molecule has 3 heteroatoms. The van der Waals surface area contributed by atoms with Crippen LogP contribution in [0.15, 0.2) is 60.8 Å². The predicted octanol–water partition coefficient (Wildman–Crippen LogP) is 4.10. The van der Waals surface area contributed by atoms with Gasteiger partial charge in [-0.3, -0.25) is 4.98 Å². The van der Waals surface area contributed by atoms with Crippen molar-refractivity contribution in [3.05, 3.63) is 75.5 Å². The molecule has 0 spiro atoms. The molecule has 0 amide bonds. The quantitative estimate of drug-likeness (QED) is 0.685. The molecule has 0 saturated heterocycles. The number of aliphatic hydroxyl groups is 1. The Morgan fingerprint density at radius 2 is 1.70 bits per heavy atom. The van der Waals surface area contributed by atoms with Gasteiger partial charge in [0.25, 0.3) is 0 Å². The Bertz CT molecular complexity index is 750. The van der Waals surface area contributed by atoms with Gasteiger partial charge < -0.3 is 5.11 Å². The molecule has 3 rings (SSSR count). The van der Waals surface area contributed by atoms with Crippen molar-refractivity contribution in [3.63, 3.8) is 0 Å². The molecule has 1 unspecified atom stereocenters. The van der Waals surface area contributed by atoms with E-state index in [-0.39, 0.29) is 0 Å². The van der Waals surface area contributed by atoms with Gasteiger partial charge in [-0.15, -0.1) is 0 Å². The first-order chi connectivity index (χ1) is 9.57. The van der Waals surface area contributed by atoms with Crippen LogP contribution in [0.3, 0.4) is 0 Å². The largest absolute Gasteiger partial charge is 0.381 e. The Kier molecular flexibility index (Phi) is 3.48. The number of benzene rings is 2. The van der Waals surface area contributed by atoms with Crippen LogP contribution >= 0.6 is 22.6 Å². The van der Waals surface area contributed by atoms with Crippen molar-refractivity contribution in [1.29, 1.82) is 0 Å². The fraction of sp³-hybridized carbons (Fsp3) is 0.118. The van der Waals surface area contributed by atoms with Gasteiger partial charge in [0, 0.05) is 15.2 Å². The fourth-order valence-corrected chi connectivity index (χ4v) is 2.68. The zero-order valence-electron chi connectivity index (χ0n) is 11.0. The smallest absolute Gasteiger partial charge is 0.112 e. The minimum absolute atomic E-state index is 0.874. The molecule has 1 aromatic heterocycles. The Labute approximate surface area is 131 Å². The highest BCUT2D eigenvalue weighted by atomic mass is 127. The summed E-state index contributed by atoms with van der Waals surface area (Å²) in [5.74, 6) is 0. The van der Waals surface area contributed by atoms with Crippen molar-refractivity contribution in [3.8, 4) is 0 Å². The summed E-state index contributed by atoms with van der Waals surface area (Å²) in [5.41, 5.74) is 1.70. The molecule has 0 aliphatic rings.